The monoisotopic (exact) mass is 382 g/mol. The minimum atomic E-state index is 0.203. The van der Waals surface area contributed by atoms with Crippen molar-refractivity contribution >= 4 is 0 Å². The summed E-state index contributed by atoms with van der Waals surface area (Å²) >= 11 is 0. The van der Waals surface area contributed by atoms with Crippen LogP contribution in [0.2, 0.25) is 0 Å². The highest BCUT2D eigenvalue weighted by Crippen LogP contribution is 2.34. The highest BCUT2D eigenvalue weighted by atomic mass is 16.5. The highest BCUT2D eigenvalue weighted by Gasteiger charge is 2.23. The van der Waals surface area contributed by atoms with Crippen LogP contribution in [0.1, 0.15) is 23.6 Å². The quantitative estimate of drug-likeness (QED) is 0.797. The van der Waals surface area contributed by atoms with Crippen LogP contribution in [0, 0.1) is 0 Å². The van der Waals surface area contributed by atoms with Gasteiger partial charge in [-0.2, -0.15) is 0 Å². The molecule has 0 spiro atoms. The summed E-state index contributed by atoms with van der Waals surface area (Å²) < 4.78 is 17.5. The van der Waals surface area contributed by atoms with Gasteiger partial charge in [-0.3, -0.25) is 4.90 Å². The van der Waals surface area contributed by atoms with Crippen molar-refractivity contribution in [3.8, 4) is 11.5 Å². The van der Waals surface area contributed by atoms with E-state index >= 15 is 0 Å². The molecule has 1 N–H and O–H groups in total. The van der Waals surface area contributed by atoms with Gasteiger partial charge in [-0.25, -0.2) is 0 Å². The van der Waals surface area contributed by atoms with E-state index in [0.717, 1.165) is 62.8 Å². The van der Waals surface area contributed by atoms with Crippen LogP contribution in [0.4, 0.5) is 0 Å². The fraction of sp³-hybridized carbons (Fsp3) is 0.478. The molecule has 0 amide bonds. The molecule has 2 unspecified atom stereocenters. The van der Waals surface area contributed by atoms with Gasteiger partial charge in [0.15, 0.2) is 0 Å². The number of hydrogen-bond acceptors (Lipinski definition) is 5. The SMILES string of the molecule is COc1cc2c(cc1CNCC1CN(Cc3ccccc3)CCO1)OC(C)C2. The first-order valence-corrected chi connectivity index (χ1v) is 10.2. The molecular formula is C23H30N2O3. The fourth-order valence-corrected chi connectivity index (χ4v) is 4.07. The van der Waals surface area contributed by atoms with Crippen LogP contribution in [0.5, 0.6) is 11.5 Å². The summed E-state index contributed by atoms with van der Waals surface area (Å²) in [6.07, 6.45) is 1.40. The Balaban J connectivity index is 1.30. The second kappa shape index (κ2) is 8.95. The van der Waals surface area contributed by atoms with E-state index in [1.165, 1.54) is 11.1 Å². The number of ether oxygens (including phenoxy) is 3. The lowest BCUT2D eigenvalue weighted by Crippen LogP contribution is -2.46. The zero-order chi connectivity index (χ0) is 19.3. The van der Waals surface area contributed by atoms with E-state index in [-0.39, 0.29) is 12.2 Å². The standard InChI is InChI=1S/C23H30N2O3/c1-17-10-19-11-22(26-2)20(12-23(19)28-17)13-24-14-21-16-25(8-9-27-21)15-18-6-4-3-5-7-18/h3-7,11-12,17,21,24H,8-10,13-16H2,1-2H3. The summed E-state index contributed by atoms with van der Waals surface area (Å²) in [4.78, 5) is 2.47. The average Bonchev–Trinajstić information content (AvgIpc) is 3.07. The van der Waals surface area contributed by atoms with Gasteiger partial charge in [0.05, 0.1) is 19.8 Å². The van der Waals surface area contributed by atoms with Gasteiger partial charge in [0, 0.05) is 50.3 Å². The van der Waals surface area contributed by atoms with Gasteiger partial charge < -0.3 is 19.5 Å². The number of fused-ring (bicyclic) bond motifs is 1. The van der Waals surface area contributed by atoms with Gasteiger partial charge in [-0.1, -0.05) is 30.3 Å². The first kappa shape index (κ1) is 19.2. The van der Waals surface area contributed by atoms with Crippen molar-refractivity contribution < 1.29 is 14.2 Å². The maximum Gasteiger partial charge on any atom is 0.123 e. The summed E-state index contributed by atoms with van der Waals surface area (Å²) in [5.74, 6) is 1.92. The molecule has 1 saturated heterocycles. The van der Waals surface area contributed by atoms with E-state index in [9.17, 15) is 0 Å². The van der Waals surface area contributed by atoms with Gasteiger partial charge in [-0.05, 0) is 24.6 Å². The van der Waals surface area contributed by atoms with Crippen LogP contribution in [-0.2, 0) is 24.2 Å². The molecule has 2 aromatic rings. The number of nitrogens with one attached hydrogen (secondary N) is 1. The van der Waals surface area contributed by atoms with Gasteiger partial charge in [0.2, 0.25) is 0 Å². The first-order valence-electron chi connectivity index (χ1n) is 10.2. The molecule has 28 heavy (non-hydrogen) atoms. The van der Waals surface area contributed by atoms with Crippen molar-refractivity contribution in [2.75, 3.05) is 33.4 Å². The Kier molecular flexibility index (Phi) is 6.15. The lowest BCUT2D eigenvalue weighted by Gasteiger charge is -2.33. The third-order valence-corrected chi connectivity index (χ3v) is 5.46. The Morgan fingerprint density at radius 3 is 2.89 bits per heavy atom. The maximum atomic E-state index is 5.97. The molecule has 2 aromatic carbocycles. The van der Waals surface area contributed by atoms with E-state index < -0.39 is 0 Å². The van der Waals surface area contributed by atoms with Gasteiger partial charge in [0.1, 0.15) is 17.6 Å². The molecule has 2 heterocycles. The number of benzene rings is 2. The Labute approximate surface area is 167 Å². The third-order valence-electron chi connectivity index (χ3n) is 5.46. The maximum absolute atomic E-state index is 5.97. The minimum Gasteiger partial charge on any atom is -0.496 e. The van der Waals surface area contributed by atoms with Crippen molar-refractivity contribution in [3.63, 3.8) is 0 Å². The van der Waals surface area contributed by atoms with Gasteiger partial charge in [0.25, 0.3) is 0 Å². The molecule has 0 saturated carbocycles. The molecule has 2 aliphatic rings. The molecule has 150 valence electrons. The van der Waals surface area contributed by atoms with Crippen LogP contribution in [0.25, 0.3) is 0 Å². The Morgan fingerprint density at radius 1 is 1.21 bits per heavy atom. The lowest BCUT2D eigenvalue weighted by molar-refractivity contribution is -0.0300. The summed E-state index contributed by atoms with van der Waals surface area (Å²) in [6, 6.07) is 14.9. The molecular weight excluding hydrogens is 352 g/mol. The predicted octanol–water partition coefficient (Wildman–Crippen LogP) is 3.01. The molecule has 4 rings (SSSR count). The number of methoxy groups -OCH3 is 1. The molecule has 5 heteroatoms. The third kappa shape index (κ3) is 4.66. The van der Waals surface area contributed by atoms with E-state index in [1.807, 2.05) is 0 Å². The fourth-order valence-electron chi connectivity index (χ4n) is 4.07. The van der Waals surface area contributed by atoms with Crippen LogP contribution in [0.3, 0.4) is 0 Å². The summed E-state index contributed by atoms with van der Waals surface area (Å²) in [7, 11) is 1.73. The van der Waals surface area contributed by atoms with Crippen LogP contribution < -0.4 is 14.8 Å². The average molecular weight is 383 g/mol. The van der Waals surface area contributed by atoms with E-state index in [2.05, 4.69) is 59.6 Å². The number of nitrogens with zero attached hydrogens (tertiary/aromatic N) is 1. The molecule has 0 aromatic heterocycles. The number of rotatable bonds is 7. The van der Waals surface area contributed by atoms with Crippen molar-refractivity contribution in [2.45, 2.75) is 38.6 Å². The Morgan fingerprint density at radius 2 is 2.07 bits per heavy atom. The summed E-state index contributed by atoms with van der Waals surface area (Å²) in [6.45, 7) is 7.37. The largest absolute Gasteiger partial charge is 0.496 e. The van der Waals surface area contributed by atoms with Crippen molar-refractivity contribution in [1.82, 2.24) is 10.2 Å². The van der Waals surface area contributed by atoms with Gasteiger partial charge >= 0.3 is 0 Å². The van der Waals surface area contributed by atoms with E-state index in [1.54, 1.807) is 7.11 Å². The predicted molar refractivity (Wildman–Crippen MR) is 110 cm³/mol. The van der Waals surface area contributed by atoms with Gasteiger partial charge in [-0.15, -0.1) is 0 Å². The second-order valence-electron chi connectivity index (χ2n) is 7.75. The second-order valence-corrected chi connectivity index (χ2v) is 7.75. The Hall–Kier alpha value is -2.08. The zero-order valence-corrected chi connectivity index (χ0v) is 16.8. The molecule has 0 radical (unpaired) electrons. The lowest BCUT2D eigenvalue weighted by atomic mass is 10.1. The van der Waals surface area contributed by atoms with Crippen molar-refractivity contribution in [2.24, 2.45) is 0 Å². The number of morpholine rings is 1. The Bertz CT molecular complexity index is 781. The summed E-state index contributed by atoms with van der Waals surface area (Å²) in [5.41, 5.74) is 3.72. The van der Waals surface area contributed by atoms with Crippen LogP contribution in [0.15, 0.2) is 42.5 Å². The molecule has 2 atom stereocenters. The molecule has 2 aliphatic heterocycles. The summed E-state index contributed by atoms with van der Waals surface area (Å²) in [5, 5.41) is 3.55. The molecule has 0 aliphatic carbocycles. The normalized spacial score (nSPS) is 21.9. The van der Waals surface area contributed by atoms with Crippen LogP contribution in [-0.4, -0.2) is 50.5 Å². The van der Waals surface area contributed by atoms with Crippen molar-refractivity contribution in [3.05, 3.63) is 59.2 Å². The van der Waals surface area contributed by atoms with E-state index in [4.69, 9.17) is 14.2 Å². The minimum absolute atomic E-state index is 0.203. The topological polar surface area (TPSA) is 43.0 Å². The first-order chi connectivity index (χ1) is 13.7. The number of hydrogen-bond donors (Lipinski definition) is 1. The molecule has 1 fully saturated rings. The van der Waals surface area contributed by atoms with E-state index in [0.29, 0.717) is 0 Å². The highest BCUT2D eigenvalue weighted by molar-refractivity contribution is 5.48. The van der Waals surface area contributed by atoms with Crippen molar-refractivity contribution in [1.29, 1.82) is 0 Å². The molecule has 5 nitrogen and oxygen atoms in total. The van der Waals surface area contributed by atoms with Crippen LogP contribution >= 0.6 is 0 Å². The molecule has 0 bridgehead atoms. The smallest absolute Gasteiger partial charge is 0.123 e. The zero-order valence-electron chi connectivity index (χ0n) is 16.8.